The van der Waals surface area contributed by atoms with Gasteiger partial charge in [-0.2, -0.15) is 0 Å². The first kappa shape index (κ1) is 17.5. The first-order valence-electron chi connectivity index (χ1n) is 8.00. The molecule has 0 atom stereocenters. The van der Waals surface area contributed by atoms with Crippen molar-refractivity contribution in [3.8, 4) is 17.6 Å². The molecule has 0 heterocycles. The third-order valence-electron chi connectivity index (χ3n) is 4.22. The maximum absolute atomic E-state index is 12.1. The molecular weight excluding hydrogens is 301 g/mol. The number of rotatable bonds is 3. The summed E-state index contributed by atoms with van der Waals surface area (Å²) in [5.41, 5.74) is 0.666. The van der Waals surface area contributed by atoms with Crippen LogP contribution in [0.1, 0.15) is 44.6 Å². The first-order chi connectivity index (χ1) is 11.0. The van der Waals surface area contributed by atoms with Gasteiger partial charge in [0.1, 0.15) is 5.75 Å². The lowest BCUT2D eigenvalue weighted by Gasteiger charge is -2.25. The van der Waals surface area contributed by atoms with Crippen LogP contribution in [0.5, 0.6) is 5.75 Å². The van der Waals surface area contributed by atoms with Gasteiger partial charge < -0.3 is 4.74 Å². The SMILES string of the molecule is CCC1CCC(C=CC#Cc2ccc(OC(F)(F)F)cc2)CC1. The van der Waals surface area contributed by atoms with E-state index in [2.05, 4.69) is 29.6 Å². The highest BCUT2D eigenvalue weighted by Crippen LogP contribution is 2.31. The topological polar surface area (TPSA) is 9.23 Å². The molecule has 1 aromatic rings. The highest BCUT2D eigenvalue weighted by atomic mass is 19.4. The van der Waals surface area contributed by atoms with E-state index in [1.54, 1.807) is 0 Å². The average molecular weight is 322 g/mol. The van der Waals surface area contributed by atoms with E-state index in [9.17, 15) is 13.2 Å². The highest BCUT2D eigenvalue weighted by Gasteiger charge is 2.30. The Hall–Kier alpha value is -1.89. The minimum Gasteiger partial charge on any atom is -0.406 e. The summed E-state index contributed by atoms with van der Waals surface area (Å²) in [4.78, 5) is 0. The summed E-state index contributed by atoms with van der Waals surface area (Å²) < 4.78 is 40.0. The van der Waals surface area contributed by atoms with Crippen LogP contribution in [-0.4, -0.2) is 6.36 Å². The average Bonchev–Trinajstić information content (AvgIpc) is 2.52. The predicted octanol–water partition coefficient (Wildman–Crippen LogP) is 5.71. The Morgan fingerprint density at radius 3 is 2.35 bits per heavy atom. The lowest BCUT2D eigenvalue weighted by atomic mass is 9.81. The number of allylic oxidation sites excluding steroid dienone is 2. The normalized spacial score (nSPS) is 21.7. The Morgan fingerprint density at radius 2 is 1.78 bits per heavy atom. The Morgan fingerprint density at radius 1 is 1.13 bits per heavy atom. The van der Waals surface area contributed by atoms with E-state index in [0.29, 0.717) is 11.5 Å². The highest BCUT2D eigenvalue weighted by molar-refractivity contribution is 5.40. The molecule has 0 saturated heterocycles. The number of ether oxygens (including phenoxy) is 1. The zero-order chi connectivity index (χ0) is 16.7. The molecule has 0 amide bonds. The van der Waals surface area contributed by atoms with Crippen LogP contribution in [0.4, 0.5) is 13.2 Å². The van der Waals surface area contributed by atoms with E-state index >= 15 is 0 Å². The number of halogens is 3. The van der Waals surface area contributed by atoms with Gasteiger partial charge in [-0.15, -0.1) is 13.2 Å². The number of hydrogen-bond acceptors (Lipinski definition) is 1. The summed E-state index contributed by atoms with van der Waals surface area (Å²) in [5.74, 6) is 7.12. The van der Waals surface area contributed by atoms with Crippen molar-refractivity contribution in [1.82, 2.24) is 0 Å². The fraction of sp³-hybridized carbons (Fsp3) is 0.474. The van der Waals surface area contributed by atoms with Gasteiger partial charge in [0, 0.05) is 5.56 Å². The molecule has 1 aliphatic carbocycles. The second-order valence-electron chi connectivity index (χ2n) is 5.89. The summed E-state index contributed by atoms with van der Waals surface area (Å²) in [7, 11) is 0. The first-order valence-corrected chi connectivity index (χ1v) is 8.00. The summed E-state index contributed by atoms with van der Waals surface area (Å²) >= 11 is 0. The molecule has 1 aromatic carbocycles. The van der Waals surface area contributed by atoms with Crippen LogP contribution >= 0.6 is 0 Å². The standard InChI is InChI=1S/C19H21F3O/c1-2-15-7-9-16(10-8-15)5-3-4-6-17-11-13-18(14-12-17)23-19(20,21)22/h3,5,11-16H,2,7-10H2,1H3. The van der Waals surface area contributed by atoms with Gasteiger partial charge in [0.15, 0.2) is 0 Å². The maximum atomic E-state index is 12.1. The van der Waals surface area contributed by atoms with Crippen molar-refractivity contribution in [2.24, 2.45) is 11.8 Å². The van der Waals surface area contributed by atoms with E-state index in [0.717, 1.165) is 5.92 Å². The van der Waals surface area contributed by atoms with Crippen molar-refractivity contribution in [1.29, 1.82) is 0 Å². The predicted molar refractivity (Wildman–Crippen MR) is 84.9 cm³/mol. The van der Waals surface area contributed by atoms with Crippen LogP contribution in [0.2, 0.25) is 0 Å². The second kappa shape index (κ2) is 8.10. The van der Waals surface area contributed by atoms with Crippen LogP contribution in [0.3, 0.4) is 0 Å². The largest absolute Gasteiger partial charge is 0.573 e. The molecule has 0 aliphatic heterocycles. The molecule has 0 aromatic heterocycles. The van der Waals surface area contributed by atoms with Crippen molar-refractivity contribution in [3.63, 3.8) is 0 Å². The van der Waals surface area contributed by atoms with Crippen molar-refractivity contribution in [3.05, 3.63) is 42.0 Å². The third-order valence-corrected chi connectivity index (χ3v) is 4.22. The lowest BCUT2D eigenvalue weighted by molar-refractivity contribution is -0.274. The zero-order valence-electron chi connectivity index (χ0n) is 13.2. The minimum absolute atomic E-state index is 0.230. The summed E-state index contributed by atoms with van der Waals surface area (Å²) in [5, 5.41) is 0. The van der Waals surface area contributed by atoms with Crippen LogP contribution in [-0.2, 0) is 0 Å². The molecule has 0 N–H and O–H groups in total. The molecule has 1 saturated carbocycles. The van der Waals surface area contributed by atoms with Crippen molar-refractivity contribution < 1.29 is 17.9 Å². The number of benzene rings is 1. The molecule has 4 heteroatoms. The van der Waals surface area contributed by atoms with Gasteiger partial charge in [-0.25, -0.2) is 0 Å². The molecule has 1 nitrogen and oxygen atoms in total. The molecule has 0 radical (unpaired) electrons. The molecule has 1 aliphatic rings. The van der Waals surface area contributed by atoms with E-state index < -0.39 is 6.36 Å². The van der Waals surface area contributed by atoms with Crippen molar-refractivity contribution in [2.75, 3.05) is 0 Å². The molecule has 0 unspecified atom stereocenters. The van der Waals surface area contributed by atoms with Gasteiger partial charge in [-0.3, -0.25) is 0 Å². The quantitative estimate of drug-likeness (QED) is 0.648. The molecule has 23 heavy (non-hydrogen) atoms. The van der Waals surface area contributed by atoms with Crippen LogP contribution in [0, 0.1) is 23.7 Å². The summed E-state index contributed by atoms with van der Waals surface area (Å²) in [6, 6.07) is 5.59. The monoisotopic (exact) mass is 322 g/mol. The zero-order valence-corrected chi connectivity index (χ0v) is 13.2. The summed E-state index contributed by atoms with van der Waals surface area (Å²) in [6.07, 6.45) is 5.65. The van der Waals surface area contributed by atoms with Gasteiger partial charge in [-0.05, 0) is 67.9 Å². The molecule has 124 valence electrons. The van der Waals surface area contributed by atoms with E-state index in [-0.39, 0.29) is 5.75 Å². The van der Waals surface area contributed by atoms with Gasteiger partial charge in [-0.1, -0.05) is 31.3 Å². The van der Waals surface area contributed by atoms with E-state index in [1.165, 1.54) is 56.4 Å². The smallest absolute Gasteiger partial charge is 0.406 e. The van der Waals surface area contributed by atoms with Crippen LogP contribution < -0.4 is 4.74 Å². The lowest BCUT2D eigenvalue weighted by Crippen LogP contribution is -2.16. The van der Waals surface area contributed by atoms with Crippen LogP contribution in [0.25, 0.3) is 0 Å². The molecule has 2 rings (SSSR count). The molecular formula is C19H21F3O. The Balaban J connectivity index is 1.84. The molecule has 1 fully saturated rings. The summed E-state index contributed by atoms with van der Waals surface area (Å²) in [6.45, 7) is 2.25. The number of alkyl halides is 3. The van der Waals surface area contributed by atoms with Crippen molar-refractivity contribution in [2.45, 2.75) is 45.4 Å². The molecule has 0 spiro atoms. The molecule has 0 bridgehead atoms. The van der Waals surface area contributed by atoms with Crippen molar-refractivity contribution >= 4 is 0 Å². The van der Waals surface area contributed by atoms with Gasteiger partial charge >= 0.3 is 6.36 Å². The van der Waals surface area contributed by atoms with E-state index in [1.807, 2.05) is 6.08 Å². The van der Waals surface area contributed by atoms with Gasteiger partial charge in [0.2, 0.25) is 0 Å². The van der Waals surface area contributed by atoms with E-state index in [4.69, 9.17) is 0 Å². The Bertz CT molecular complexity index is 567. The van der Waals surface area contributed by atoms with Gasteiger partial charge in [0.25, 0.3) is 0 Å². The second-order valence-corrected chi connectivity index (χ2v) is 5.89. The maximum Gasteiger partial charge on any atom is 0.573 e. The Kier molecular flexibility index (Phi) is 6.15. The fourth-order valence-electron chi connectivity index (χ4n) is 2.84. The third kappa shape index (κ3) is 6.40. The Labute approximate surface area is 135 Å². The van der Waals surface area contributed by atoms with Gasteiger partial charge in [0.05, 0.1) is 0 Å². The van der Waals surface area contributed by atoms with Crippen LogP contribution in [0.15, 0.2) is 36.4 Å². The minimum atomic E-state index is -4.66. The fourth-order valence-corrected chi connectivity index (χ4v) is 2.84. The number of hydrogen-bond donors (Lipinski definition) is 0.